The second-order valence-electron chi connectivity index (χ2n) is 3.21. The highest BCUT2D eigenvalue weighted by molar-refractivity contribution is 7.89. The van der Waals surface area contributed by atoms with Gasteiger partial charge in [-0.25, -0.2) is 21.9 Å². The van der Waals surface area contributed by atoms with Crippen LogP contribution >= 0.6 is 11.6 Å². The minimum Gasteiger partial charge on any atom is -0.326 e. The molecule has 0 bridgehead atoms. The summed E-state index contributed by atoms with van der Waals surface area (Å²) in [4.78, 5) is -0.239. The lowest BCUT2D eigenvalue weighted by Gasteiger charge is -2.08. The smallest absolute Gasteiger partial charge is 0.251 e. The molecule has 0 unspecified atom stereocenters. The molecule has 1 aromatic rings. The molecule has 0 saturated heterocycles. The molecule has 0 radical (unpaired) electrons. The van der Waals surface area contributed by atoms with Gasteiger partial charge in [-0.2, -0.15) is 0 Å². The molecule has 96 valence electrons. The van der Waals surface area contributed by atoms with E-state index in [0.717, 1.165) is 0 Å². The van der Waals surface area contributed by atoms with Gasteiger partial charge in [0, 0.05) is 6.54 Å². The van der Waals surface area contributed by atoms with Crippen LogP contribution in [0.3, 0.4) is 0 Å². The fourth-order valence-corrected chi connectivity index (χ4v) is 2.71. The van der Waals surface area contributed by atoms with Gasteiger partial charge in [0.25, 0.3) is 6.43 Å². The van der Waals surface area contributed by atoms with Crippen LogP contribution in [-0.2, 0) is 16.6 Å². The molecule has 4 nitrogen and oxygen atoms in total. The Hall–Kier alpha value is -0.760. The van der Waals surface area contributed by atoms with E-state index in [4.69, 9.17) is 17.3 Å². The molecule has 0 aliphatic heterocycles. The lowest BCUT2D eigenvalue weighted by molar-refractivity contribution is 0.153. The van der Waals surface area contributed by atoms with Gasteiger partial charge in [-0.15, -0.1) is 0 Å². The monoisotopic (exact) mass is 284 g/mol. The molecular formula is C9H11ClF2N2O2S. The van der Waals surface area contributed by atoms with E-state index in [1.165, 1.54) is 18.2 Å². The Morgan fingerprint density at radius 3 is 2.53 bits per heavy atom. The van der Waals surface area contributed by atoms with Crippen LogP contribution in [-0.4, -0.2) is 21.4 Å². The third-order valence-corrected chi connectivity index (χ3v) is 3.86. The van der Waals surface area contributed by atoms with Crippen molar-refractivity contribution in [2.24, 2.45) is 5.73 Å². The first-order valence-corrected chi connectivity index (χ1v) is 6.49. The van der Waals surface area contributed by atoms with Crippen molar-refractivity contribution in [3.8, 4) is 0 Å². The zero-order valence-electron chi connectivity index (χ0n) is 8.66. The fourth-order valence-electron chi connectivity index (χ4n) is 1.14. The number of nitrogens with two attached hydrogens (primary N) is 1. The van der Waals surface area contributed by atoms with Crippen LogP contribution in [0.15, 0.2) is 23.1 Å². The first-order chi connectivity index (χ1) is 7.86. The molecule has 0 aliphatic carbocycles. The van der Waals surface area contributed by atoms with E-state index in [9.17, 15) is 17.2 Å². The van der Waals surface area contributed by atoms with Gasteiger partial charge < -0.3 is 5.73 Å². The summed E-state index contributed by atoms with van der Waals surface area (Å²) < 4.78 is 48.8. The Kier molecular flexibility index (Phi) is 4.81. The minimum absolute atomic E-state index is 0.0466. The molecule has 0 aliphatic rings. The third-order valence-electron chi connectivity index (χ3n) is 1.95. The SMILES string of the molecule is NCc1ccc(S(=O)(=O)NCC(F)F)c(Cl)c1. The number of nitrogens with one attached hydrogen (secondary N) is 1. The van der Waals surface area contributed by atoms with Gasteiger partial charge in [0.1, 0.15) is 4.90 Å². The topological polar surface area (TPSA) is 72.2 Å². The second-order valence-corrected chi connectivity index (χ2v) is 5.35. The molecule has 0 atom stereocenters. The summed E-state index contributed by atoms with van der Waals surface area (Å²) in [6.45, 7) is -0.734. The predicted octanol–water partition coefficient (Wildman–Crippen LogP) is 1.34. The first-order valence-electron chi connectivity index (χ1n) is 4.63. The number of alkyl halides is 2. The molecular weight excluding hydrogens is 274 g/mol. The lowest BCUT2D eigenvalue weighted by Crippen LogP contribution is -2.28. The summed E-state index contributed by atoms with van der Waals surface area (Å²) in [5.41, 5.74) is 6.01. The van der Waals surface area contributed by atoms with E-state index in [1.54, 1.807) is 4.72 Å². The Morgan fingerprint density at radius 2 is 2.06 bits per heavy atom. The van der Waals surface area contributed by atoms with Gasteiger partial charge in [-0.05, 0) is 17.7 Å². The van der Waals surface area contributed by atoms with Gasteiger partial charge in [0.15, 0.2) is 0 Å². The summed E-state index contributed by atoms with van der Waals surface area (Å²) in [5, 5.41) is -0.0466. The number of hydrogen-bond acceptors (Lipinski definition) is 3. The predicted molar refractivity (Wildman–Crippen MR) is 60.5 cm³/mol. The van der Waals surface area contributed by atoms with Crippen molar-refractivity contribution in [2.45, 2.75) is 17.9 Å². The Labute approximate surface area is 103 Å². The van der Waals surface area contributed by atoms with Gasteiger partial charge in [0.05, 0.1) is 11.6 Å². The van der Waals surface area contributed by atoms with Crippen molar-refractivity contribution in [1.82, 2.24) is 4.72 Å². The van der Waals surface area contributed by atoms with Crippen LogP contribution in [0.5, 0.6) is 0 Å². The number of sulfonamides is 1. The number of hydrogen-bond donors (Lipinski definition) is 2. The van der Waals surface area contributed by atoms with E-state index < -0.39 is 23.0 Å². The standard InChI is InChI=1S/C9H11ClF2N2O2S/c10-7-3-6(4-13)1-2-8(7)17(15,16)14-5-9(11)12/h1-3,9,14H,4-5,13H2. The zero-order chi connectivity index (χ0) is 13.1. The summed E-state index contributed by atoms with van der Waals surface area (Å²) in [5.74, 6) is 0. The van der Waals surface area contributed by atoms with E-state index in [0.29, 0.717) is 5.56 Å². The van der Waals surface area contributed by atoms with E-state index >= 15 is 0 Å². The van der Waals surface area contributed by atoms with Gasteiger partial charge in [-0.1, -0.05) is 17.7 Å². The van der Waals surface area contributed by atoms with Crippen LogP contribution < -0.4 is 10.5 Å². The normalized spacial score (nSPS) is 12.1. The number of benzene rings is 1. The highest BCUT2D eigenvalue weighted by Gasteiger charge is 2.19. The van der Waals surface area contributed by atoms with Crippen molar-refractivity contribution in [3.05, 3.63) is 28.8 Å². The molecule has 3 N–H and O–H groups in total. The number of rotatable bonds is 5. The van der Waals surface area contributed by atoms with Crippen LogP contribution in [0.4, 0.5) is 8.78 Å². The summed E-state index contributed by atoms with van der Waals surface area (Å²) in [6, 6.07) is 4.10. The molecule has 0 fully saturated rings. The summed E-state index contributed by atoms with van der Waals surface area (Å²) in [6.07, 6.45) is -2.76. The van der Waals surface area contributed by atoms with Crippen molar-refractivity contribution >= 4 is 21.6 Å². The van der Waals surface area contributed by atoms with Crippen LogP contribution in [0.1, 0.15) is 5.56 Å². The van der Waals surface area contributed by atoms with Crippen LogP contribution in [0.25, 0.3) is 0 Å². The largest absolute Gasteiger partial charge is 0.326 e. The minimum atomic E-state index is -4.01. The maximum atomic E-state index is 11.9. The highest BCUT2D eigenvalue weighted by atomic mass is 35.5. The average Bonchev–Trinajstić information content (AvgIpc) is 2.26. The van der Waals surface area contributed by atoms with Gasteiger partial charge in [-0.3, -0.25) is 0 Å². The van der Waals surface area contributed by atoms with Crippen molar-refractivity contribution in [1.29, 1.82) is 0 Å². The second kappa shape index (κ2) is 5.72. The van der Waals surface area contributed by atoms with E-state index in [1.807, 2.05) is 0 Å². The molecule has 0 saturated carbocycles. The molecule has 1 rings (SSSR count). The quantitative estimate of drug-likeness (QED) is 0.857. The third kappa shape index (κ3) is 3.88. The van der Waals surface area contributed by atoms with Crippen molar-refractivity contribution in [2.75, 3.05) is 6.54 Å². The fraction of sp³-hybridized carbons (Fsp3) is 0.333. The molecule has 0 spiro atoms. The van der Waals surface area contributed by atoms with E-state index in [2.05, 4.69) is 0 Å². The maximum absolute atomic E-state index is 11.9. The Balaban J connectivity index is 2.99. The Morgan fingerprint density at radius 1 is 1.41 bits per heavy atom. The van der Waals surface area contributed by atoms with Gasteiger partial charge in [0.2, 0.25) is 10.0 Å². The highest BCUT2D eigenvalue weighted by Crippen LogP contribution is 2.22. The van der Waals surface area contributed by atoms with E-state index in [-0.39, 0.29) is 16.5 Å². The van der Waals surface area contributed by atoms with Crippen LogP contribution in [0.2, 0.25) is 5.02 Å². The van der Waals surface area contributed by atoms with Crippen LogP contribution in [0, 0.1) is 0 Å². The average molecular weight is 285 g/mol. The van der Waals surface area contributed by atoms with Crippen molar-refractivity contribution < 1.29 is 17.2 Å². The molecule has 0 heterocycles. The zero-order valence-corrected chi connectivity index (χ0v) is 10.2. The molecule has 8 heteroatoms. The molecule has 1 aromatic carbocycles. The first kappa shape index (κ1) is 14.3. The Bertz CT molecular complexity index is 494. The molecule has 0 amide bonds. The summed E-state index contributed by atoms with van der Waals surface area (Å²) >= 11 is 5.75. The number of halogens is 3. The summed E-state index contributed by atoms with van der Waals surface area (Å²) in [7, 11) is -4.01. The van der Waals surface area contributed by atoms with Crippen molar-refractivity contribution in [3.63, 3.8) is 0 Å². The lowest BCUT2D eigenvalue weighted by atomic mass is 10.2. The van der Waals surface area contributed by atoms with Gasteiger partial charge >= 0.3 is 0 Å². The maximum Gasteiger partial charge on any atom is 0.251 e. The molecule has 17 heavy (non-hydrogen) atoms. The molecule has 0 aromatic heterocycles.